The molecule has 3 aromatic rings. The summed E-state index contributed by atoms with van der Waals surface area (Å²) in [5, 5.41) is 3.20. The topological polar surface area (TPSA) is 67.9 Å². The predicted molar refractivity (Wildman–Crippen MR) is 130 cm³/mol. The summed E-state index contributed by atoms with van der Waals surface area (Å²) in [6.45, 7) is 4.00. The van der Waals surface area contributed by atoms with E-state index in [1.54, 1.807) is 31.4 Å². The van der Waals surface area contributed by atoms with Gasteiger partial charge >= 0.3 is 0 Å². The Morgan fingerprint density at radius 3 is 2.21 bits per heavy atom. The minimum absolute atomic E-state index is 0.220. The highest BCUT2D eigenvalue weighted by Gasteiger charge is 2.40. The molecule has 1 aliphatic rings. The number of rotatable bonds is 7. The molecule has 0 bridgehead atoms. The lowest BCUT2D eigenvalue weighted by atomic mass is 10.0. The fourth-order valence-corrected chi connectivity index (χ4v) is 3.87. The molecular weight excluding hydrogens is 416 g/mol. The lowest BCUT2D eigenvalue weighted by Crippen LogP contribution is -2.32. The molecule has 168 valence electrons. The Labute approximate surface area is 193 Å². The lowest BCUT2D eigenvalue weighted by Gasteiger charge is -2.16. The van der Waals surface area contributed by atoms with E-state index < -0.39 is 11.8 Å². The van der Waals surface area contributed by atoms with Crippen molar-refractivity contribution in [3.63, 3.8) is 0 Å². The highest BCUT2D eigenvalue weighted by Crippen LogP contribution is 2.37. The Bertz CT molecular complexity index is 1250. The summed E-state index contributed by atoms with van der Waals surface area (Å²) in [4.78, 5) is 28.4. The van der Waals surface area contributed by atoms with E-state index in [-0.39, 0.29) is 11.3 Å². The quantitative estimate of drug-likeness (QED) is 0.523. The second-order valence-electron chi connectivity index (χ2n) is 7.78. The molecule has 4 rings (SSSR count). The summed E-state index contributed by atoms with van der Waals surface area (Å²) in [6.07, 6.45) is 0.915. The van der Waals surface area contributed by atoms with Crippen LogP contribution >= 0.6 is 0 Å². The summed E-state index contributed by atoms with van der Waals surface area (Å²) in [5.74, 6) is 0.211. The number of benzene rings is 3. The number of imide groups is 1. The lowest BCUT2D eigenvalue weighted by molar-refractivity contribution is -0.120. The molecule has 0 unspecified atom stereocenters. The molecule has 0 saturated heterocycles. The Morgan fingerprint density at radius 1 is 0.848 bits per heavy atom. The smallest absolute Gasteiger partial charge is 0.282 e. The van der Waals surface area contributed by atoms with Crippen molar-refractivity contribution >= 4 is 28.8 Å². The fraction of sp³-hybridized carbons (Fsp3) is 0.185. The van der Waals surface area contributed by atoms with E-state index >= 15 is 0 Å². The highest BCUT2D eigenvalue weighted by atomic mass is 16.5. The van der Waals surface area contributed by atoms with Crippen LogP contribution in [-0.4, -0.2) is 26.0 Å². The zero-order valence-corrected chi connectivity index (χ0v) is 19.1. The molecule has 6 heteroatoms. The fourth-order valence-electron chi connectivity index (χ4n) is 3.87. The molecule has 2 amide bonds. The van der Waals surface area contributed by atoms with Crippen LogP contribution in [0.4, 0.5) is 11.4 Å². The number of amides is 2. The van der Waals surface area contributed by atoms with Gasteiger partial charge in [0.15, 0.2) is 11.5 Å². The SMILES string of the molecule is CCc1ccc(NC2=C(c3ccc(OC)c(OC)c3)C(=O)N(c3cccc(C)c3)C2=O)cc1. The van der Waals surface area contributed by atoms with Crippen molar-refractivity contribution in [2.24, 2.45) is 0 Å². The van der Waals surface area contributed by atoms with Gasteiger partial charge in [0.2, 0.25) is 0 Å². The molecular formula is C27H26N2O4. The first kappa shape index (κ1) is 22.1. The number of carbonyl (C=O) groups excluding carboxylic acids is 2. The van der Waals surface area contributed by atoms with E-state index in [0.717, 1.165) is 17.7 Å². The van der Waals surface area contributed by atoms with Crippen molar-refractivity contribution in [3.05, 3.63) is 89.1 Å². The van der Waals surface area contributed by atoms with E-state index in [1.165, 1.54) is 17.6 Å². The zero-order valence-electron chi connectivity index (χ0n) is 19.1. The monoisotopic (exact) mass is 442 g/mol. The van der Waals surface area contributed by atoms with Crippen molar-refractivity contribution in [1.29, 1.82) is 0 Å². The Balaban J connectivity index is 1.83. The van der Waals surface area contributed by atoms with Crippen LogP contribution in [0.3, 0.4) is 0 Å². The first-order valence-corrected chi connectivity index (χ1v) is 10.7. The molecule has 1 N–H and O–H groups in total. The third kappa shape index (κ3) is 4.20. The molecule has 1 heterocycles. The second-order valence-corrected chi connectivity index (χ2v) is 7.78. The minimum atomic E-state index is -0.407. The van der Waals surface area contributed by atoms with Gasteiger partial charge in [-0.15, -0.1) is 0 Å². The van der Waals surface area contributed by atoms with E-state index in [1.807, 2.05) is 49.4 Å². The van der Waals surface area contributed by atoms with Crippen LogP contribution in [0.25, 0.3) is 5.57 Å². The molecule has 6 nitrogen and oxygen atoms in total. The maximum Gasteiger partial charge on any atom is 0.282 e. The molecule has 3 aromatic carbocycles. The standard InChI is InChI=1S/C27H26N2O4/c1-5-18-9-12-20(13-10-18)28-25-24(19-11-14-22(32-3)23(16-19)33-4)26(30)29(27(25)31)21-8-6-7-17(2)15-21/h6-16,28H,5H2,1-4H3. The summed E-state index contributed by atoms with van der Waals surface area (Å²) < 4.78 is 10.8. The number of aryl methyl sites for hydroxylation is 2. The second kappa shape index (κ2) is 9.20. The maximum atomic E-state index is 13.6. The van der Waals surface area contributed by atoms with Gasteiger partial charge in [-0.3, -0.25) is 9.59 Å². The Morgan fingerprint density at radius 2 is 1.58 bits per heavy atom. The highest BCUT2D eigenvalue weighted by molar-refractivity contribution is 6.46. The van der Waals surface area contributed by atoms with Gasteiger partial charge in [0, 0.05) is 5.69 Å². The summed E-state index contributed by atoms with van der Waals surface area (Å²) >= 11 is 0. The first-order chi connectivity index (χ1) is 16.0. The van der Waals surface area contributed by atoms with Crippen LogP contribution in [0.15, 0.2) is 72.4 Å². The van der Waals surface area contributed by atoms with Crippen LogP contribution in [-0.2, 0) is 16.0 Å². The Kier molecular flexibility index (Phi) is 6.18. The first-order valence-electron chi connectivity index (χ1n) is 10.7. The van der Waals surface area contributed by atoms with Gasteiger partial charge in [-0.25, -0.2) is 4.90 Å². The summed E-state index contributed by atoms with van der Waals surface area (Å²) in [5.41, 5.74) is 4.46. The largest absolute Gasteiger partial charge is 0.493 e. The number of nitrogens with zero attached hydrogens (tertiary/aromatic N) is 1. The summed E-state index contributed by atoms with van der Waals surface area (Å²) in [7, 11) is 3.08. The molecule has 0 aromatic heterocycles. The molecule has 0 atom stereocenters. The molecule has 0 saturated carbocycles. The molecule has 0 aliphatic carbocycles. The average Bonchev–Trinajstić information content (AvgIpc) is 3.08. The van der Waals surface area contributed by atoms with Crippen molar-refractivity contribution in [2.45, 2.75) is 20.3 Å². The van der Waals surface area contributed by atoms with Crippen LogP contribution in [0.2, 0.25) is 0 Å². The zero-order chi connectivity index (χ0) is 23.5. The van der Waals surface area contributed by atoms with Crippen molar-refractivity contribution in [1.82, 2.24) is 0 Å². The van der Waals surface area contributed by atoms with Crippen molar-refractivity contribution in [2.75, 3.05) is 24.4 Å². The maximum absolute atomic E-state index is 13.6. The third-order valence-corrected chi connectivity index (χ3v) is 5.65. The number of hydrogen-bond acceptors (Lipinski definition) is 5. The van der Waals surface area contributed by atoms with Gasteiger partial charge < -0.3 is 14.8 Å². The normalized spacial score (nSPS) is 13.5. The van der Waals surface area contributed by atoms with E-state index in [0.29, 0.717) is 22.7 Å². The number of hydrogen-bond donors (Lipinski definition) is 1. The Hall–Kier alpha value is -4.06. The van der Waals surface area contributed by atoms with Gasteiger partial charge in [-0.05, 0) is 66.4 Å². The molecule has 0 radical (unpaired) electrons. The van der Waals surface area contributed by atoms with E-state index in [2.05, 4.69) is 12.2 Å². The van der Waals surface area contributed by atoms with Crippen molar-refractivity contribution < 1.29 is 19.1 Å². The van der Waals surface area contributed by atoms with Crippen LogP contribution in [0.5, 0.6) is 11.5 Å². The minimum Gasteiger partial charge on any atom is -0.493 e. The molecule has 1 aliphatic heterocycles. The van der Waals surface area contributed by atoms with Crippen LogP contribution in [0, 0.1) is 6.92 Å². The van der Waals surface area contributed by atoms with Gasteiger partial charge in [-0.1, -0.05) is 37.3 Å². The van der Waals surface area contributed by atoms with E-state index in [9.17, 15) is 9.59 Å². The van der Waals surface area contributed by atoms with Gasteiger partial charge in [-0.2, -0.15) is 0 Å². The molecule has 0 spiro atoms. The van der Waals surface area contributed by atoms with Gasteiger partial charge in [0.25, 0.3) is 11.8 Å². The predicted octanol–water partition coefficient (Wildman–Crippen LogP) is 4.97. The van der Waals surface area contributed by atoms with E-state index in [4.69, 9.17) is 9.47 Å². The van der Waals surface area contributed by atoms with Crippen LogP contribution in [0.1, 0.15) is 23.6 Å². The molecule has 33 heavy (non-hydrogen) atoms. The number of ether oxygens (including phenoxy) is 2. The average molecular weight is 443 g/mol. The summed E-state index contributed by atoms with van der Waals surface area (Å²) in [6, 6.07) is 20.3. The number of methoxy groups -OCH3 is 2. The molecule has 0 fully saturated rings. The number of nitrogens with one attached hydrogen (secondary N) is 1. The number of anilines is 2. The van der Waals surface area contributed by atoms with Crippen LogP contribution < -0.4 is 19.7 Å². The van der Waals surface area contributed by atoms with Gasteiger partial charge in [0.1, 0.15) is 5.70 Å². The number of carbonyl (C=O) groups is 2. The third-order valence-electron chi connectivity index (χ3n) is 5.65. The van der Waals surface area contributed by atoms with Gasteiger partial charge in [0.05, 0.1) is 25.5 Å². The van der Waals surface area contributed by atoms with Crippen molar-refractivity contribution in [3.8, 4) is 11.5 Å².